The summed E-state index contributed by atoms with van der Waals surface area (Å²) in [7, 11) is 0. The summed E-state index contributed by atoms with van der Waals surface area (Å²) in [4.78, 5) is 0.740. The fourth-order valence-electron chi connectivity index (χ4n) is 0.718. The molecule has 0 unspecified atom stereocenters. The van der Waals surface area contributed by atoms with E-state index in [1.165, 1.54) is 12.1 Å². The molecule has 1 aromatic carbocycles. The molecule has 1 rings (SSSR count). The first kappa shape index (κ1) is 7.57. The Morgan fingerprint density at radius 2 is 2.20 bits per heavy atom. The standard InChI is InChI=1S/C7H8FNS/c8-6-1-2-7(10)5(3-6)4-9/h1-3,10H,4,9H2. The van der Waals surface area contributed by atoms with E-state index in [9.17, 15) is 4.39 Å². The SMILES string of the molecule is NCc1cc(F)ccc1S. The van der Waals surface area contributed by atoms with Crippen LogP contribution in [0.3, 0.4) is 0 Å². The fourth-order valence-corrected chi connectivity index (χ4v) is 0.948. The molecule has 0 fully saturated rings. The minimum atomic E-state index is -0.266. The largest absolute Gasteiger partial charge is 0.326 e. The summed E-state index contributed by atoms with van der Waals surface area (Å²) >= 11 is 4.08. The molecule has 0 amide bonds. The summed E-state index contributed by atoms with van der Waals surface area (Å²) in [5, 5.41) is 0. The predicted molar refractivity (Wildman–Crippen MR) is 41.5 cm³/mol. The van der Waals surface area contributed by atoms with Gasteiger partial charge in [-0.3, -0.25) is 0 Å². The highest BCUT2D eigenvalue weighted by molar-refractivity contribution is 7.80. The Morgan fingerprint density at radius 3 is 2.70 bits per heavy atom. The highest BCUT2D eigenvalue weighted by atomic mass is 32.1. The zero-order valence-electron chi connectivity index (χ0n) is 5.34. The van der Waals surface area contributed by atoms with Gasteiger partial charge in [-0.15, -0.1) is 12.6 Å². The van der Waals surface area contributed by atoms with Crippen molar-refractivity contribution in [1.82, 2.24) is 0 Å². The van der Waals surface area contributed by atoms with Crippen LogP contribution in [0.1, 0.15) is 5.56 Å². The van der Waals surface area contributed by atoms with Gasteiger partial charge in [-0.1, -0.05) is 0 Å². The summed E-state index contributed by atoms with van der Waals surface area (Å²) < 4.78 is 12.4. The second kappa shape index (κ2) is 3.03. The first-order valence-corrected chi connectivity index (χ1v) is 3.36. The molecule has 0 aliphatic heterocycles. The Bertz CT molecular complexity index is 237. The monoisotopic (exact) mass is 157 g/mol. The van der Waals surface area contributed by atoms with Gasteiger partial charge < -0.3 is 5.73 Å². The van der Waals surface area contributed by atoms with E-state index in [1.807, 2.05) is 0 Å². The molecule has 0 radical (unpaired) electrons. The fraction of sp³-hybridized carbons (Fsp3) is 0.143. The number of hydrogen-bond donors (Lipinski definition) is 2. The number of halogens is 1. The highest BCUT2D eigenvalue weighted by Crippen LogP contribution is 2.13. The Kier molecular flexibility index (Phi) is 2.29. The van der Waals surface area contributed by atoms with Gasteiger partial charge in [0.1, 0.15) is 5.82 Å². The van der Waals surface area contributed by atoms with Crippen LogP contribution >= 0.6 is 12.6 Å². The minimum absolute atomic E-state index is 0.266. The van der Waals surface area contributed by atoms with Gasteiger partial charge in [0, 0.05) is 11.4 Å². The predicted octanol–water partition coefficient (Wildman–Crippen LogP) is 1.57. The summed E-state index contributed by atoms with van der Waals surface area (Å²) in [5.74, 6) is -0.266. The van der Waals surface area contributed by atoms with Crippen LogP contribution in [0.4, 0.5) is 4.39 Å². The Labute approximate surface area is 64.5 Å². The summed E-state index contributed by atoms with van der Waals surface area (Å²) in [5.41, 5.74) is 6.04. The van der Waals surface area contributed by atoms with Gasteiger partial charge in [-0.05, 0) is 23.8 Å². The molecule has 0 aliphatic rings. The van der Waals surface area contributed by atoms with E-state index < -0.39 is 0 Å². The first-order chi connectivity index (χ1) is 4.74. The molecule has 2 N–H and O–H groups in total. The lowest BCUT2D eigenvalue weighted by Gasteiger charge is -1.99. The third-order valence-electron chi connectivity index (χ3n) is 1.26. The average Bonchev–Trinajstić information content (AvgIpc) is 1.94. The van der Waals surface area contributed by atoms with Crippen LogP contribution in [-0.4, -0.2) is 0 Å². The molecule has 0 saturated heterocycles. The Morgan fingerprint density at radius 1 is 1.50 bits per heavy atom. The van der Waals surface area contributed by atoms with Crippen LogP contribution in [0.25, 0.3) is 0 Å². The summed E-state index contributed by atoms with van der Waals surface area (Å²) in [6, 6.07) is 4.35. The molecule has 0 heterocycles. The van der Waals surface area contributed by atoms with Gasteiger partial charge >= 0.3 is 0 Å². The Balaban J connectivity index is 3.09. The molecule has 3 heteroatoms. The zero-order valence-corrected chi connectivity index (χ0v) is 6.24. The van der Waals surface area contributed by atoms with Crippen LogP contribution in [0.5, 0.6) is 0 Å². The quantitative estimate of drug-likeness (QED) is 0.595. The third-order valence-corrected chi connectivity index (χ3v) is 1.70. The van der Waals surface area contributed by atoms with Crippen molar-refractivity contribution < 1.29 is 4.39 Å². The average molecular weight is 157 g/mol. The van der Waals surface area contributed by atoms with E-state index in [2.05, 4.69) is 12.6 Å². The van der Waals surface area contributed by atoms with Crippen molar-refractivity contribution in [3.63, 3.8) is 0 Å². The second-order valence-corrected chi connectivity index (χ2v) is 2.46. The van der Waals surface area contributed by atoms with E-state index in [4.69, 9.17) is 5.73 Å². The van der Waals surface area contributed by atoms with Crippen molar-refractivity contribution in [3.05, 3.63) is 29.6 Å². The van der Waals surface area contributed by atoms with Crippen LogP contribution in [0, 0.1) is 5.82 Å². The number of benzene rings is 1. The first-order valence-electron chi connectivity index (χ1n) is 2.91. The second-order valence-electron chi connectivity index (χ2n) is 1.98. The maximum atomic E-state index is 12.4. The van der Waals surface area contributed by atoms with Crippen molar-refractivity contribution in [2.75, 3.05) is 0 Å². The molecular formula is C7H8FNS. The lowest BCUT2D eigenvalue weighted by atomic mass is 10.2. The van der Waals surface area contributed by atoms with Crippen molar-refractivity contribution in [2.24, 2.45) is 5.73 Å². The number of rotatable bonds is 1. The van der Waals surface area contributed by atoms with E-state index in [1.54, 1.807) is 6.07 Å². The van der Waals surface area contributed by atoms with Crippen molar-refractivity contribution in [1.29, 1.82) is 0 Å². The van der Waals surface area contributed by atoms with Gasteiger partial charge in [-0.2, -0.15) is 0 Å². The zero-order chi connectivity index (χ0) is 7.56. The van der Waals surface area contributed by atoms with Gasteiger partial charge in [0.15, 0.2) is 0 Å². The highest BCUT2D eigenvalue weighted by Gasteiger charge is 1.96. The Hall–Kier alpha value is -0.540. The summed E-state index contributed by atoms with van der Waals surface area (Å²) in [6.45, 7) is 0.330. The number of thiol groups is 1. The third kappa shape index (κ3) is 1.49. The van der Waals surface area contributed by atoms with E-state index in [0.29, 0.717) is 6.54 Å². The smallest absolute Gasteiger partial charge is 0.123 e. The van der Waals surface area contributed by atoms with Crippen molar-refractivity contribution in [3.8, 4) is 0 Å². The van der Waals surface area contributed by atoms with Gasteiger partial charge in [0.05, 0.1) is 0 Å². The summed E-state index contributed by atoms with van der Waals surface area (Å²) in [6.07, 6.45) is 0. The number of hydrogen-bond acceptors (Lipinski definition) is 2. The topological polar surface area (TPSA) is 26.0 Å². The van der Waals surface area contributed by atoms with Crippen LogP contribution in [0.2, 0.25) is 0 Å². The normalized spacial score (nSPS) is 9.90. The molecule has 0 aliphatic carbocycles. The molecular weight excluding hydrogens is 149 g/mol. The van der Waals surface area contributed by atoms with E-state index in [-0.39, 0.29) is 5.82 Å². The number of nitrogens with two attached hydrogens (primary N) is 1. The van der Waals surface area contributed by atoms with Crippen molar-refractivity contribution in [2.45, 2.75) is 11.4 Å². The molecule has 0 atom stereocenters. The molecule has 1 nitrogen and oxygen atoms in total. The molecule has 0 bridgehead atoms. The van der Waals surface area contributed by atoms with E-state index >= 15 is 0 Å². The van der Waals surface area contributed by atoms with Crippen LogP contribution < -0.4 is 5.73 Å². The van der Waals surface area contributed by atoms with Crippen LogP contribution in [0.15, 0.2) is 23.1 Å². The maximum Gasteiger partial charge on any atom is 0.123 e. The lowest BCUT2D eigenvalue weighted by Crippen LogP contribution is -1.97. The molecule has 0 aromatic heterocycles. The minimum Gasteiger partial charge on any atom is -0.326 e. The molecule has 10 heavy (non-hydrogen) atoms. The van der Waals surface area contributed by atoms with Gasteiger partial charge in [-0.25, -0.2) is 4.39 Å². The molecule has 1 aromatic rings. The molecule has 0 spiro atoms. The molecule has 0 saturated carbocycles. The van der Waals surface area contributed by atoms with Crippen LogP contribution in [-0.2, 0) is 6.54 Å². The van der Waals surface area contributed by atoms with E-state index in [0.717, 1.165) is 10.5 Å². The van der Waals surface area contributed by atoms with Crippen molar-refractivity contribution >= 4 is 12.6 Å². The maximum absolute atomic E-state index is 12.4. The molecule has 54 valence electrons. The van der Waals surface area contributed by atoms with Gasteiger partial charge in [0.25, 0.3) is 0 Å². The van der Waals surface area contributed by atoms with Gasteiger partial charge in [0.2, 0.25) is 0 Å². The lowest BCUT2D eigenvalue weighted by molar-refractivity contribution is 0.623.